The predicted octanol–water partition coefficient (Wildman–Crippen LogP) is 1.27. The van der Waals surface area contributed by atoms with Gasteiger partial charge in [0.25, 0.3) is 0 Å². The monoisotopic (exact) mass is 326 g/mol. The first kappa shape index (κ1) is 18.0. The number of nitrogens with one attached hydrogen (secondary N) is 2. The van der Waals surface area contributed by atoms with Gasteiger partial charge in [-0.3, -0.25) is 4.79 Å². The van der Waals surface area contributed by atoms with E-state index < -0.39 is 0 Å². The van der Waals surface area contributed by atoms with Crippen molar-refractivity contribution in [1.29, 1.82) is 0 Å². The Morgan fingerprint density at radius 2 is 1.77 bits per heavy atom. The van der Waals surface area contributed by atoms with Crippen molar-refractivity contribution >= 4 is 23.3 Å². The van der Waals surface area contributed by atoms with Gasteiger partial charge in [0.2, 0.25) is 0 Å². The first-order valence-electron chi connectivity index (χ1n) is 6.90. The normalized spacial score (nSPS) is 9.77. The van der Waals surface area contributed by atoms with E-state index in [9.17, 15) is 4.79 Å². The van der Waals surface area contributed by atoms with Crippen LogP contribution in [0.15, 0.2) is 18.2 Å². The van der Waals surface area contributed by atoms with Crippen LogP contribution < -0.4 is 20.1 Å². The van der Waals surface area contributed by atoms with Crippen LogP contribution in [0.3, 0.4) is 0 Å². The third kappa shape index (κ3) is 6.17. The van der Waals surface area contributed by atoms with Gasteiger partial charge in [-0.15, -0.1) is 0 Å². The Kier molecular flexibility index (Phi) is 8.06. The first-order valence-corrected chi connectivity index (χ1v) is 7.31. The second kappa shape index (κ2) is 9.83. The number of carbonyl (C=O) groups is 1. The lowest BCUT2D eigenvalue weighted by Gasteiger charge is -2.11. The van der Waals surface area contributed by atoms with E-state index in [1.165, 1.54) is 7.11 Å². The van der Waals surface area contributed by atoms with Gasteiger partial charge in [0.05, 0.1) is 27.8 Å². The Labute approximate surface area is 136 Å². The fourth-order valence-corrected chi connectivity index (χ4v) is 2.00. The van der Waals surface area contributed by atoms with E-state index in [1.807, 2.05) is 18.2 Å². The molecule has 0 bridgehead atoms. The van der Waals surface area contributed by atoms with Crippen molar-refractivity contribution in [2.24, 2.45) is 0 Å². The van der Waals surface area contributed by atoms with Gasteiger partial charge in [-0.25, -0.2) is 0 Å². The zero-order valence-corrected chi connectivity index (χ0v) is 13.9. The summed E-state index contributed by atoms with van der Waals surface area (Å²) in [6.45, 7) is 1.13. The van der Waals surface area contributed by atoms with Crippen molar-refractivity contribution in [2.45, 2.75) is 12.8 Å². The summed E-state index contributed by atoms with van der Waals surface area (Å²) in [5.74, 6) is 1.15. The van der Waals surface area contributed by atoms with Crippen LogP contribution in [-0.4, -0.2) is 45.5 Å². The van der Waals surface area contributed by atoms with Crippen molar-refractivity contribution in [1.82, 2.24) is 10.6 Å². The summed E-state index contributed by atoms with van der Waals surface area (Å²) in [4.78, 5) is 11.0. The third-order valence-corrected chi connectivity index (χ3v) is 3.28. The molecule has 1 rings (SSSR count). The quantitative estimate of drug-likeness (QED) is 0.551. The van der Waals surface area contributed by atoms with Crippen LogP contribution in [0.2, 0.25) is 0 Å². The van der Waals surface area contributed by atoms with E-state index in [-0.39, 0.29) is 12.4 Å². The molecule has 0 spiro atoms. The molecule has 0 amide bonds. The van der Waals surface area contributed by atoms with Gasteiger partial charge in [-0.05, 0) is 36.3 Å². The van der Waals surface area contributed by atoms with Crippen molar-refractivity contribution in [3.05, 3.63) is 23.8 Å². The number of ether oxygens (including phenoxy) is 3. The highest BCUT2D eigenvalue weighted by Crippen LogP contribution is 2.27. The van der Waals surface area contributed by atoms with Gasteiger partial charge in [0.1, 0.15) is 0 Å². The molecule has 0 saturated heterocycles. The second-order valence-electron chi connectivity index (χ2n) is 4.45. The van der Waals surface area contributed by atoms with Gasteiger partial charge >= 0.3 is 5.97 Å². The summed E-state index contributed by atoms with van der Waals surface area (Å²) in [5, 5.41) is 6.55. The van der Waals surface area contributed by atoms with Crippen LogP contribution in [0.25, 0.3) is 0 Å². The van der Waals surface area contributed by atoms with E-state index >= 15 is 0 Å². The molecule has 0 aliphatic carbocycles. The highest BCUT2D eigenvalue weighted by Gasteiger charge is 2.05. The molecule has 0 aromatic heterocycles. The molecule has 122 valence electrons. The Balaban J connectivity index is 2.32. The predicted molar refractivity (Wildman–Crippen MR) is 88.5 cm³/mol. The van der Waals surface area contributed by atoms with Gasteiger partial charge in [0.15, 0.2) is 16.6 Å². The third-order valence-electron chi connectivity index (χ3n) is 2.99. The molecular weight excluding hydrogens is 304 g/mol. The van der Waals surface area contributed by atoms with Gasteiger partial charge in [-0.2, -0.15) is 0 Å². The SMILES string of the molecule is COC(=O)CCNC(=S)NCCc1ccc(OC)c(OC)c1. The van der Waals surface area contributed by atoms with Crippen molar-refractivity contribution < 1.29 is 19.0 Å². The van der Waals surface area contributed by atoms with Crippen LogP contribution in [0.5, 0.6) is 11.5 Å². The summed E-state index contributed by atoms with van der Waals surface area (Å²) in [5.41, 5.74) is 1.11. The molecule has 0 fully saturated rings. The summed E-state index contributed by atoms with van der Waals surface area (Å²) in [6.07, 6.45) is 1.08. The summed E-state index contributed by atoms with van der Waals surface area (Å²) < 4.78 is 15.0. The van der Waals surface area contributed by atoms with Gasteiger partial charge in [0, 0.05) is 13.1 Å². The minimum Gasteiger partial charge on any atom is -0.493 e. The lowest BCUT2D eigenvalue weighted by Crippen LogP contribution is -2.37. The first-order chi connectivity index (χ1) is 10.6. The molecule has 2 N–H and O–H groups in total. The molecule has 7 heteroatoms. The molecule has 0 aliphatic rings. The van der Waals surface area contributed by atoms with Crippen LogP contribution in [0.4, 0.5) is 0 Å². The molecule has 22 heavy (non-hydrogen) atoms. The Morgan fingerprint density at radius 1 is 1.09 bits per heavy atom. The number of benzene rings is 1. The molecule has 1 aromatic carbocycles. The zero-order chi connectivity index (χ0) is 16.4. The molecule has 0 radical (unpaired) electrons. The highest BCUT2D eigenvalue weighted by atomic mass is 32.1. The Hall–Kier alpha value is -2.02. The van der Waals surface area contributed by atoms with E-state index in [0.29, 0.717) is 29.7 Å². The van der Waals surface area contributed by atoms with E-state index in [1.54, 1.807) is 14.2 Å². The number of thiocarbonyl (C=S) groups is 1. The minimum atomic E-state index is -0.263. The average Bonchev–Trinajstić information content (AvgIpc) is 2.54. The van der Waals surface area contributed by atoms with Crippen LogP contribution in [-0.2, 0) is 16.0 Å². The molecule has 0 heterocycles. The number of methoxy groups -OCH3 is 3. The second-order valence-corrected chi connectivity index (χ2v) is 4.86. The maximum Gasteiger partial charge on any atom is 0.307 e. The summed E-state index contributed by atoms with van der Waals surface area (Å²) in [7, 11) is 4.58. The molecule has 0 saturated carbocycles. The summed E-state index contributed by atoms with van der Waals surface area (Å²) >= 11 is 5.13. The maximum atomic E-state index is 11.0. The van der Waals surface area contributed by atoms with E-state index in [4.69, 9.17) is 21.7 Å². The number of carbonyl (C=O) groups excluding carboxylic acids is 1. The van der Waals surface area contributed by atoms with Gasteiger partial charge < -0.3 is 24.8 Å². The molecular formula is C15H22N2O4S. The Bertz CT molecular complexity index is 508. The zero-order valence-electron chi connectivity index (χ0n) is 13.1. The van der Waals surface area contributed by atoms with Crippen LogP contribution in [0.1, 0.15) is 12.0 Å². The lowest BCUT2D eigenvalue weighted by molar-refractivity contribution is -0.140. The number of hydrogen-bond donors (Lipinski definition) is 2. The fourth-order valence-electron chi connectivity index (χ4n) is 1.80. The van der Waals surface area contributed by atoms with Gasteiger partial charge in [-0.1, -0.05) is 6.07 Å². The van der Waals surface area contributed by atoms with Crippen LogP contribution in [0, 0.1) is 0 Å². The van der Waals surface area contributed by atoms with Crippen molar-refractivity contribution in [3.63, 3.8) is 0 Å². The van der Waals surface area contributed by atoms with E-state index in [0.717, 1.165) is 12.0 Å². The maximum absolute atomic E-state index is 11.0. The molecule has 6 nitrogen and oxygen atoms in total. The average molecular weight is 326 g/mol. The standard InChI is InChI=1S/C15H22N2O4S/c1-19-12-5-4-11(10-13(12)20-2)6-8-16-15(22)17-9-7-14(18)21-3/h4-5,10H,6-9H2,1-3H3,(H2,16,17,22). The molecule has 0 aliphatic heterocycles. The minimum absolute atomic E-state index is 0.263. The topological polar surface area (TPSA) is 68.8 Å². The van der Waals surface area contributed by atoms with Crippen molar-refractivity contribution in [3.8, 4) is 11.5 Å². The number of esters is 1. The number of hydrogen-bond acceptors (Lipinski definition) is 5. The van der Waals surface area contributed by atoms with E-state index in [2.05, 4.69) is 15.4 Å². The van der Waals surface area contributed by atoms with Crippen LogP contribution >= 0.6 is 12.2 Å². The largest absolute Gasteiger partial charge is 0.493 e. The lowest BCUT2D eigenvalue weighted by atomic mass is 10.1. The number of rotatable bonds is 8. The smallest absolute Gasteiger partial charge is 0.307 e. The highest BCUT2D eigenvalue weighted by molar-refractivity contribution is 7.80. The molecule has 0 unspecified atom stereocenters. The van der Waals surface area contributed by atoms with Crippen molar-refractivity contribution in [2.75, 3.05) is 34.4 Å². The summed E-state index contributed by atoms with van der Waals surface area (Å²) in [6, 6.07) is 5.80. The molecule has 0 atom stereocenters. The molecule has 1 aromatic rings. The Morgan fingerprint density at radius 3 is 2.41 bits per heavy atom. The fraction of sp³-hybridized carbons (Fsp3) is 0.467.